The zero-order valence-corrected chi connectivity index (χ0v) is 17.4. The summed E-state index contributed by atoms with van der Waals surface area (Å²) < 4.78 is 28.9. The Morgan fingerprint density at radius 1 is 1.27 bits per heavy atom. The van der Waals surface area contributed by atoms with Gasteiger partial charge in [0.25, 0.3) is 5.89 Å². The Labute approximate surface area is 177 Å². The SMILES string of the molecule is C=C(O)C(N)=CC(=Nc1ccccc1Cl)c1nc(-c2cccc(S(C)(=O)=O)c2)no1. The fourth-order valence-corrected chi connectivity index (χ4v) is 3.20. The minimum absolute atomic E-state index is 0.0149. The number of nitrogens with two attached hydrogens (primary N) is 1. The van der Waals surface area contributed by atoms with Crippen molar-refractivity contribution in [1.29, 1.82) is 0 Å². The summed E-state index contributed by atoms with van der Waals surface area (Å²) in [5, 5.41) is 13.8. The molecule has 1 aromatic heterocycles. The maximum atomic E-state index is 11.8. The van der Waals surface area contributed by atoms with Crippen LogP contribution in [0.3, 0.4) is 0 Å². The molecule has 0 radical (unpaired) electrons. The van der Waals surface area contributed by atoms with Gasteiger partial charge in [-0.1, -0.05) is 47.6 Å². The second kappa shape index (κ2) is 8.52. The molecule has 3 N–H and O–H groups in total. The summed E-state index contributed by atoms with van der Waals surface area (Å²) in [6, 6.07) is 13.0. The number of sulfone groups is 1. The van der Waals surface area contributed by atoms with E-state index in [-0.39, 0.29) is 33.8 Å². The van der Waals surface area contributed by atoms with Crippen molar-refractivity contribution < 1.29 is 18.0 Å². The normalized spacial score (nSPS) is 12.7. The van der Waals surface area contributed by atoms with Crippen molar-refractivity contribution in [2.45, 2.75) is 4.90 Å². The van der Waals surface area contributed by atoms with Crippen molar-refractivity contribution in [3.05, 3.63) is 83.6 Å². The molecular weight excluding hydrogens is 428 g/mol. The maximum Gasteiger partial charge on any atom is 0.276 e. The van der Waals surface area contributed by atoms with E-state index in [1.807, 2.05) is 0 Å². The van der Waals surface area contributed by atoms with Crippen LogP contribution in [0.2, 0.25) is 5.02 Å². The van der Waals surface area contributed by atoms with Gasteiger partial charge in [0.15, 0.2) is 9.84 Å². The Hall–Kier alpha value is -3.43. The molecular formula is C20H17ClN4O4S. The Kier molecular flexibility index (Phi) is 6.04. The van der Waals surface area contributed by atoms with Crippen LogP contribution in [-0.2, 0) is 9.84 Å². The molecule has 0 spiro atoms. The third-order valence-corrected chi connectivity index (χ3v) is 5.31. The monoisotopic (exact) mass is 444 g/mol. The van der Waals surface area contributed by atoms with Gasteiger partial charge in [0, 0.05) is 11.8 Å². The van der Waals surface area contributed by atoms with Gasteiger partial charge in [-0.05, 0) is 30.3 Å². The molecule has 0 atom stereocenters. The minimum atomic E-state index is -3.40. The fourth-order valence-electron chi connectivity index (χ4n) is 2.36. The number of aliphatic imine (C=N–C) groups is 1. The number of benzene rings is 2. The van der Waals surface area contributed by atoms with Crippen LogP contribution in [0.4, 0.5) is 5.69 Å². The van der Waals surface area contributed by atoms with Gasteiger partial charge in [0.2, 0.25) is 5.82 Å². The minimum Gasteiger partial charge on any atom is -0.506 e. The summed E-state index contributed by atoms with van der Waals surface area (Å²) in [5.41, 5.74) is 6.71. The molecule has 0 bridgehead atoms. The second-order valence-corrected chi connectivity index (χ2v) is 8.64. The summed E-state index contributed by atoms with van der Waals surface area (Å²) in [6.07, 6.45) is 2.42. The van der Waals surface area contributed by atoms with E-state index in [9.17, 15) is 13.5 Å². The van der Waals surface area contributed by atoms with Gasteiger partial charge in [-0.2, -0.15) is 4.98 Å². The number of para-hydroxylation sites is 1. The van der Waals surface area contributed by atoms with E-state index in [4.69, 9.17) is 21.9 Å². The Bertz CT molecular complexity index is 1280. The average molecular weight is 445 g/mol. The van der Waals surface area contributed by atoms with Gasteiger partial charge < -0.3 is 15.4 Å². The number of allylic oxidation sites excluding steroid dienone is 1. The average Bonchev–Trinajstić information content (AvgIpc) is 3.18. The standard InChI is InChI=1S/C20H17ClN4O4S/c1-12(26)16(22)11-18(23-17-9-4-3-8-15(17)21)20-24-19(25-29-20)13-6-5-7-14(10-13)30(2,27)28/h3-11,26H,1,22H2,2H3. The lowest BCUT2D eigenvalue weighted by Crippen LogP contribution is -2.06. The quantitative estimate of drug-likeness (QED) is 0.335. The van der Waals surface area contributed by atoms with Crippen LogP contribution >= 0.6 is 11.6 Å². The summed E-state index contributed by atoms with van der Waals surface area (Å²) >= 11 is 6.17. The van der Waals surface area contributed by atoms with Gasteiger partial charge in [-0.15, -0.1) is 0 Å². The third kappa shape index (κ3) is 4.94. The number of nitrogens with zero attached hydrogens (tertiary/aromatic N) is 3. The molecule has 10 heteroatoms. The first kappa shape index (κ1) is 21.3. The summed E-state index contributed by atoms with van der Waals surface area (Å²) in [7, 11) is -3.40. The molecule has 1 heterocycles. The van der Waals surface area contributed by atoms with E-state index >= 15 is 0 Å². The molecule has 30 heavy (non-hydrogen) atoms. The molecule has 0 fully saturated rings. The summed E-state index contributed by atoms with van der Waals surface area (Å²) in [4.78, 5) is 8.81. The largest absolute Gasteiger partial charge is 0.506 e. The number of hydrogen-bond donors (Lipinski definition) is 2. The van der Waals surface area contributed by atoms with Crippen LogP contribution in [-0.4, -0.2) is 35.6 Å². The fraction of sp³-hybridized carbons (Fsp3) is 0.0500. The van der Waals surface area contributed by atoms with Crippen molar-refractivity contribution in [2.24, 2.45) is 10.7 Å². The zero-order valence-electron chi connectivity index (χ0n) is 15.8. The number of aliphatic hydroxyl groups is 1. The van der Waals surface area contributed by atoms with Crippen molar-refractivity contribution in [3.63, 3.8) is 0 Å². The van der Waals surface area contributed by atoms with Crippen LogP contribution in [0.1, 0.15) is 5.89 Å². The summed E-state index contributed by atoms with van der Waals surface area (Å²) in [5.74, 6) is -0.224. The van der Waals surface area contributed by atoms with E-state index in [1.165, 1.54) is 18.2 Å². The third-order valence-electron chi connectivity index (χ3n) is 3.88. The highest BCUT2D eigenvalue weighted by atomic mass is 35.5. The van der Waals surface area contributed by atoms with Crippen LogP contribution in [0, 0.1) is 0 Å². The molecule has 154 valence electrons. The van der Waals surface area contributed by atoms with E-state index in [2.05, 4.69) is 21.7 Å². The van der Waals surface area contributed by atoms with E-state index in [0.717, 1.165) is 6.26 Å². The smallest absolute Gasteiger partial charge is 0.276 e. The number of aliphatic hydroxyl groups excluding tert-OH is 1. The molecule has 3 aromatic rings. The Balaban J connectivity index is 2.09. The van der Waals surface area contributed by atoms with Gasteiger partial charge >= 0.3 is 0 Å². The highest BCUT2D eigenvalue weighted by Crippen LogP contribution is 2.26. The lowest BCUT2D eigenvalue weighted by molar-refractivity contribution is 0.412. The van der Waals surface area contributed by atoms with Crippen molar-refractivity contribution in [3.8, 4) is 11.4 Å². The van der Waals surface area contributed by atoms with Crippen molar-refractivity contribution in [2.75, 3.05) is 6.26 Å². The number of aromatic nitrogens is 2. The van der Waals surface area contributed by atoms with E-state index in [0.29, 0.717) is 16.3 Å². The first-order valence-corrected chi connectivity index (χ1v) is 10.8. The highest BCUT2D eigenvalue weighted by molar-refractivity contribution is 7.90. The molecule has 0 aliphatic carbocycles. The van der Waals surface area contributed by atoms with Gasteiger partial charge in [-0.3, -0.25) is 0 Å². The summed E-state index contributed by atoms with van der Waals surface area (Å²) in [6.45, 7) is 3.37. The van der Waals surface area contributed by atoms with Crippen LogP contribution in [0.15, 0.2) is 87.1 Å². The molecule has 0 saturated heterocycles. The van der Waals surface area contributed by atoms with E-state index < -0.39 is 9.84 Å². The first-order valence-electron chi connectivity index (χ1n) is 8.48. The maximum absolute atomic E-state index is 11.8. The van der Waals surface area contributed by atoms with Gasteiger partial charge in [0.1, 0.15) is 11.5 Å². The van der Waals surface area contributed by atoms with Crippen LogP contribution in [0.25, 0.3) is 11.4 Å². The zero-order chi connectivity index (χ0) is 21.9. The molecule has 2 aromatic carbocycles. The van der Waals surface area contributed by atoms with Gasteiger partial charge in [-0.25, -0.2) is 13.4 Å². The molecule has 0 amide bonds. The molecule has 3 rings (SSSR count). The lowest BCUT2D eigenvalue weighted by atomic mass is 10.2. The number of hydrogen-bond acceptors (Lipinski definition) is 8. The number of halogens is 1. The Morgan fingerprint density at radius 3 is 2.67 bits per heavy atom. The van der Waals surface area contributed by atoms with Crippen molar-refractivity contribution >= 4 is 32.8 Å². The predicted octanol–water partition coefficient (Wildman–Crippen LogP) is 3.83. The second-order valence-electron chi connectivity index (χ2n) is 6.22. The molecule has 0 aliphatic rings. The number of rotatable bonds is 6. The molecule has 0 aliphatic heterocycles. The van der Waals surface area contributed by atoms with Gasteiger partial charge in [0.05, 0.1) is 21.3 Å². The Morgan fingerprint density at radius 2 is 2.00 bits per heavy atom. The topological polar surface area (TPSA) is 132 Å². The van der Waals surface area contributed by atoms with Crippen LogP contribution < -0.4 is 5.73 Å². The van der Waals surface area contributed by atoms with Crippen LogP contribution in [0.5, 0.6) is 0 Å². The van der Waals surface area contributed by atoms with Crippen molar-refractivity contribution in [1.82, 2.24) is 10.1 Å². The molecule has 0 unspecified atom stereocenters. The molecule has 0 saturated carbocycles. The predicted molar refractivity (Wildman–Crippen MR) is 115 cm³/mol. The lowest BCUT2D eigenvalue weighted by Gasteiger charge is -2.02. The highest BCUT2D eigenvalue weighted by Gasteiger charge is 2.16. The first-order chi connectivity index (χ1) is 14.1. The molecule has 8 nitrogen and oxygen atoms in total. The van der Waals surface area contributed by atoms with E-state index in [1.54, 1.807) is 36.4 Å².